The van der Waals surface area contributed by atoms with Crippen molar-refractivity contribution in [2.75, 3.05) is 11.9 Å². The van der Waals surface area contributed by atoms with Crippen LogP contribution in [0.1, 0.15) is 53.3 Å². The number of carboxylic acid groups (broad SMARTS) is 1. The maximum atomic E-state index is 14.2. The fourth-order valence-corrected chi connectivity index (χ4v) is 7.68. The van der Waals surface area contributed by atoms with Gasteiger partial charge in [-0.1, -0.05) is 84.4 Å². The van der Waals surface area contributed by atoms with Gasteiger partial charge in [0.2, 0.25) is 5.91 Å². The third-order valence-electron chi connectivity index (χ3n) is 11.0. The molecule has 3 amide bonds. The fraction of sp³-hybridized carbons (Fsp3) is 0.204. The Morgan fingerprint density at radius 1 is 0.937 bits per heavy atom. The third kappa shape index (κ3) is 10.7. The average Bonchev–Trinajstić information content (AvgIpc) is 3.28. The van der Waals surface area contributed by atoms with Gasteiger partial charge in [-0.05, 0) is 119 Å². The largest absolute Gasteiger partial charge is 0.489 e. The van der Waals surface area contributed by atoms with Crippen molar-refractivity contribution >= 4 is 52.4 Å². The summed E-state index contributed by atoms with van der Waals surface area (Å²) in [5, 5.41) is 16.7. The molecule has 0 saturated carbocycles. The van der Waals surface area contributed by atoms with Crippen molar-refractivity contribution in [3.05, 3.63) is 182 Å². The number of anilines is 1. The van der Waals surface area contributed by atoms with Crippen LogP contribution in [0.4, 0.5) is 14.9 Å². The van der Waals surface area contributed by atoms with E-state index >= 15 is 0 Å². The number of ether oxygens (including phenoxy) is 3. The van der Waals surface area contributed by atoms with E-state index in [0.29, 0.717) is 56.4 Å². The molecule has 7 rings (SSSR count). The van der Waals surface area contributed by atoms with E-state index in [4.69, 9.17) is 43.1 Å². The normalized spacial score (nSPS) is 16.5. The molecule has 11 nitrogen and oxygen atoms in total. The first kappa shape index (κ1) is 44.3. The summed E-state index contributed by atoms with van der Waals surface area (Å²) < 4.78 is 32.3. The molecule has 5 N–H and O–H groups in total. The van der Waals surface area contributed by atoms with Crippen molar-refractivity contribution < 1.29 is 38.1 Å². The standard InChI is InChI=1S/C49H45Cl2FN4O7/c1-4-5-39(28(2)29(3)53)32-9-6-30(7-10-32)21-42(48(58)59)55-47(57)43-22-34-23-44-45(24-35(34)25-56(43)49(60)54-37-15-13-36(52)14-16-37)63-46(27-62-44)33-11-17-38(18-12-33)61-26-31-8-19-40(50)41(51)20-31/h4-20,23-24,42-43,46H,1,21-22,25-27,53H2,2-3H3,(H,54,60)(H,55,57)(H,58,59)/b29-28-,39-5+/t42-,43-,46+/m0/s1. The van der Waals surface area contributed by atoms with Gasteiger partial charge in [0.05, 0.1) is 10.0 Å². The number of allylic oxidation sites excluding steroid dienone is 5. The number of halogens is 3. The first-order valence-electron chi connectivity index (χ1n) is 20.1. The van der Waals surface area contributed by atoms with Crippen LogP contribution in [0, 0.1) is 5.82 Å². The Morgan fingerprint density at radius 2 is 1.63 bits per heavy atom. The summed E-state index contributed by atoms with van der Waals surface area (Å²) in [6, 6.07) is 25.9. The minimum Gasteiger partial charge on any atom is -0.489 e. The number of amides is 3. The van der Waals surface area contributed by atoms with Crippen LogP contribution in [-0.2, 0) is 35.6 Å². The number of rotatable bonds is 13. The van der Waals surface area contributed by atoms with Gasteiger partial charge in [0.1, 0.15) is 36.9 Å². The number of nitrogens with two attached hydrogens (primary N) is 1. The molecule has 0 bridgehead atoms. The number of carboxylic acids is 1. The van der Waals surface area contributed by atoms with Gasteiger partial charge in [-0.25, -0.2) is 14.0 Å². The van der Waals surface area contributed by atoms with Gasteiger partial charge >= 0.3 is 12.0 Å². The lowest BCUT2D eigenvalue weighted by Crippen LogP contribution is -2.56. The zero-order chi connectivity index (χ0) is 44.8. The summed E-state index contributed by atoms with van der Waals surface area (Å²) in [6.45, 7) is 8.01. The molecule has 5 aromatic carbocycles. The van der Waals surface area contributed by atoms with Crippen LogP contribution < -0.4 is 30.6 Å². The second kappa shape index (κ2) is 19.5. The molecule has 324 valence electrons. The van der Waals surface area contributed by atoms with E-state index in [9.17, 15) is 23.9 Å². The van der Waals surface area contributed by atoms with Gasteiger partial charge < -0.3 is 40.6 Å². The summed E-state index contributed by atoms with van der Waals surface area (Å²) in [6.07, 6.45) is 3.10. The predicted octanol–water partition coefficient (Wildman–Crippen LogP) is 9.82. The minimum absolute atomic E-state index is 0.0218. The lowest BCUT2D eigenvalue weighted by Gasteiger charge is -2.37. The maximum Gasteiger partial charge on any atom is 0.326 e. The number of nitrogens with zero attached hydrogens (tertiary/aromatic N) is 1. The molecule has 3 atom stereocenters. The topological polar surface area (TPSA) is 152 Å². The van der Waals surface area contributed by atoms with Crippen LogP contribution in [-0.4, -0.2) is 46.6 Å². The highest BCUT2D eigenvalue weighted by molar-refractivity contribution is 6.42. The molecule has 0 aliphatic carbocycles. The molecular weight excluding hydrogens is 846 g/mol. The number of nitrogens with one attached hydrogen (secondary N) is 2. The van der Waals surface area contributed by atoms with E-state index in [1.165, 1.54) is 29.2 Å². The highest BCUT2D eigenvalue weighted by atomic mass is 35.5. The van der Waals surface area contributed by atoms with Crippen LogP contribution in [0.15, 0.2) is 133 Å². The number of carbonyl (C=O) groups excluding carboxylic acids is 2. The van der Waals surface area contributed by atoms with E-state index in [0.717, 1.165) is 33.4 Å². The van der Waals surface area contributed by atoms with Crippen molar-refractivity contribution in [3.8, 4) is 17.2 Å². The number of hydrogen-bond donors (Lipinski definition) is 4. The molecule has 0 fully saturated rings. The van der Waals surface area contributed by atoms with Gasteiger partial charge in [-0.3, -0.25) is 4.79 Å². The molecule has 5 aromatic rings. The Bertz CT molecular complexity index is 2590. The van der Waals surface area contributed by atoms with Crippen LogP contribution in [0.25, 0.3) is 5.57 Å². The van der Waals surface area contributed by atoms with E-state index < -0.39 is 41.9 Å². The minimum atomic E-state index is -1.32. The highest BCUT2D eigenvalue weighted by Crippen LogP contribution is 2.41. The first-order chi connectivity index (χ1) is 30.3. The van der Waals surface area contributed by atoms with Crippen LogP contribution >= 0.6 is 23.2 Å². The average molecular weight is 892 g/mol. The van der Waals surface area contributed by atoms with Gasteiger partial charge in [0.25, 0.3) is 0 Å². The maximum absolute atomic E-state index is 14.2. The predicted molar refractivity (Wildman–Crippen MR) is 241 cm³/mol. The van der Waals surface area contributed by atoms with Gasteiger partial charge in [0, 0.05) is 30.8 Å². The number of benzene rings is 5. The lowest BCUT2D eigenvalue weighted by atomic mass is 9.92. The highest BCUT2D eigenvalue weighted by Gasteiger charge is 2.38. The van der Waals surface area contributed by atoms with Crippen LogP contribution in [0.5, 0.6) is 17.2 Å². The van der Waals surface area contributed by atoms with Crippen molar-refractivity contribution in [1.29, 1.82) is 0 Å². The van der Waals surface area contributed by atoms with Crippen molar-refractivity contribution in [1.82, 2.24) is 10.2 Å². The fourth-order valence-electron chi connectivity index (χ4n) is 7.36. The summed E-state index contributed by atoms with van der Waals surface area (Å²) >= 11 is 12.2. The van der Waals surface area contributed by atoms with E-state index in [1.807, 2.05) is 62.4 Å². The number of aliphatic carboxylic acids is 1. The van der Waals surface area contributed by atoms with Crippen molar-refractivity contribution in [3.63, 3.8) is 0 Å². The molecule has 2 aliphatic heterocycles. The molecule has 63 heavy (non-hydrogen) atoms. The van der Waals surface area contributed by atoms with E-state index in [1.54, 1.807) is 42.5 Å². The summed E-state index contributed by atoms with van der Waals surface area (Å²) in [4.78, 5) is 42.1. The Morgan fingerprint density at radius 3 is 2.30 bits per heavy atom. The van der Waals surface area contributed by atoms with Crippen molar-refractivity contribution in [2.24, 2.45) is 5.73 Å². The number of hydrogen-bond acceptors (Lipinski definition) is 7. The Balaban J connectivity index is 1.08. The van der Waals surface area contributed by atoms with E-state index in [-0.39, 0.29) is 26.0 Å². The molecule has 0 radical (unpaired) electrons. The zero-order valence-corrected chi connectivity index (χ0v) is 36.0. The van der Waals surface area contributed by atoms with Crippen LogP contribution in [0.2, 0.25) is 10.0 Å². The molecule has 14 heteroatoms. The Labute approximate surface area is 374 Å². The molecular formula is C49H45Cl2FN4O7. The Hall–Kier alpha value is -6.76. The first-order valence-corrected chi connectivity index (χ1v) is 20.9. The van der Waals surface area contributed by atoms with E-state index in [2.05, 4.69) is 17.2 Å². The zero-order valence-electron chi connectivity index (χ0n) is 34.5. The number of carbonyl (C=O) groups is 3. The molecule has 0 unspecified atom stereocenters. The quantitative estimate of drug-likeness (QED) is 0.0853. The smallest absolute Gasteiger partial charge is 0.326 e. The summed E-state index contributed by atoms with van der Waals surface area (Å²) in [7, 11) is 0. The molecule has 2 heterocycles. The van der Waals surface area contributed by atoms with Crippen LogP contribution in [0.3, 0.4) is 0 Å². The monoisotopic (exact) mass is 890 g/mol. The molecule has 0 saturated heterocycles. The van der Waals surface area contributed by atoms with Gasteiger partial charge in [-0.15, -0.1) is 0 Å². The third-order valence-corrected chi connectivity index (χ3v) is 11.7. The van der Waals surface area contributed by atoms with Gasteiger partial charge in [-0.2, -0.15) is 0 Å². The number of fused-ring (bicyclic) bond motifs is 2. The van der Waals surface area contributed by atoms with Gasteiger partial charge in [0.15, 0.2) is 17.6 Å². The second-order valence-corrected chi connectivity index (χ2v) is 16.1. The molecule has 2 aliphatic rings. The Kier molecular flexibility index (Phi) is 13.7. The summed E-state index contributed by atoms with van der Waals surface area (Å²) in [5.74, 6) is -0.800. The number of urea groups is 1. The second-order valence-electron chi connectivity index (χ2n) is 15.3. The molecule has 0 aromatic heterocycles. The lowest BCUT2D eigenvalue weighted by molar-refractivity contribution is -0.142. The summed E-state index contributed by atoms with van der Waals surface area (Å²) in [5.41, 5.74) is 13.5. The van der Waals surface area contributed by atoms with Crippen molar-refractivity contribution in [2.45, 2.75) is 58.0 Å². The SMILES string of the molecule is C=C/C=C(\C(C)=C(\C)N)c1ccc(C[C@H](NC(=O)[C@@H]2Cc3cc4c(cc3CN2C(=O)Nc2ccc(F)cc2)O[C@@H](c2ccc(OCc3ccc(Cl)c(Cl)c3)cc2)CO4)C(=O)O)cc1. The molecule has 0 spiro atoms.